The molecular weight excluding hydrogens is 328 g/mol. The van der Waals surface area contributed by atoms with Gasteiger partial charge in [0, 0.05) is 36.1 Å². The van der Waals surface area contributed by atoms with Crippen LogP contribution in [0.1, 0.15) is 19.4 Å². The third-order valence-corrected chi connectivity index (χ3v) is 4.11. The van der Waals surface area contributed by atoms with E-state index in [1.54, 1.807) is 20.3 Å². The Hall–Kier alpha value is -2.95. The number of anilines is 2. The maximum absolute atomic E-state index is 12.2. The van der Waals surface area contributed by atoms with Crippen molar-refractivity contribution in [1.82, 2.24) is 0 Å². The van der Waals surface area contributed by atoms with Crippen molar-refractivity contribution < 1.29 is 14.3 Å². The first-order chi connectivity index (χ1) is 12.6. The topological polar surface area (TPSA) is 50.8 Å². The van der Waals surface area contributed by atoms with Crippen LogP contribution in [0.2, 0.25) is 0 Å². The lowest BCUT2D eigenvalue weighted by atomic mass is 10.1. The van der Waals surface area contributed by atoms with E-state index in [0.29, 0.717) is 11.5 Å². The molecule has 2 rings (SSSR count). The minimum atomic E-state index is -0.203. The lowest BCUT2D eigenvalue weighted by molar-refractivity contribution is -0.111. The second-order valence-electron chi connectivity index (χ2n) is 5.62. The molecule has 0 atom stereocenters. The second-order valence-corrected chi connectivity index (χ2v) is 5.62. The van der Waals surface area contributed by atoms with E-state index < -0.39 is 0 Å². The SMILES string of the molecule is CCN(CC)c1ccc(NC(=O)/C=C/c2cccc(OC)c2OC)cc1. The number of hydrogen-bond acceptors (Lipinski definition) is 4. The zero-order chi connectivity index (χ0) is 18.9. The predicted molar refractivity (Wildman–Crippen MR) is 107 cm³/mol. The van der Waals surface area contributed by atoms with Gasteiger partial charge in [0.25, 0.3) is 0 Å². The summed E-state index contributed by atoms with van der Waals surface area (Å²) >= 11 is 0. The quantitative estimate of drug-likeness (QED) is 0.722. The fourth-order valence-corrected chi connectivity index (χ4v) is 2.74. The van der Waals surface area contributed by atoms with Gasteiger partial charge in [-0.25, -0.2) is 0 Å². The number of rotatable bonds is 8. The molecule has 0 aliphatic heterocycles. The van der Waals surface area contributed by atoms with E-state index in [2.05, 4.69) is 24.1 Å². The molecule has 5 heteroatoms. The molecule has 0 aliphatic rings. The lowest BCUT2D eigenvalue weighted by Gasteiger charge is -2.21. The fraction of sp³-hybridized carbons (Fsp3) is 0.286. The molecule has 2 aromatic carbocycles. The van der Waals surface area contributed by atoms with Gasteiger partial charge in [-0.2, -0.15) is 0 Å². The van der Waals surface area contributed by atoms with Gasteiger partial charge in [-0.05, 0) is 50.3 Å². The molecule has 0 unspecified atom stereocenters. The van der Waals surface area contributed by atoms with Crippen LogP contribution < -0.4 is 19.7 Å². The average Bonchev–Trinajstić information content (AvgIpc) is 2.68. The standard InChI is InChI=1S/C21H26N2O3/c1-5-23(6-2)18-13-11-17(12-14-18)22-20(24)15-10-16-8-7-9-19(25-3)21(16)26-4/h7-15H,5-6H2,1-4H3,(H,22,24)/b15-10+. The number of amides is 1. The zero-order valence-corrected chi connectivity index (χ0v) is 15.8. The van der Waals surface area contributed by atoms with E-state index in [4.69, 9.17) is 9.47 Å². The number of carbonyl (C=O) groups excluding carboxylic acids is 1. The Bertz CT molecular complexity index is 750. The van der Waals surface area contributed by atoms with Crippen LogP contribution in [0.5, 0.6) is 11.5 Å². The Balaban J connectivity index is 2.06. The molecule has 0 aliphatic carbocycles. The highest BCUT2D eigenvalue weighted by molar-refractivity contribution is 6.02. The Morgan fingerprint density at radius 2 is 1.73 bits per heavy atom. The molecule has 0 bridgehead atoms. The third-order valence-electron chi connectivity index (χ3n) is 4.11. The molecule has 0 radical (unpaired) electrons. The number of nitrogens with zero attached hydrogens (tertiary/aromatic N) is 1. The molecule has 1 N–H and O–H groups in total. The molecule has 0 heterocycles. The molecule has 5 nitrogen and oxygen atoms in total. The number of hydrogen-bond donors (Lipinski definition) is 1. The normalized spacial score (nSPS) is 10.6. The molecule has 138 valence electrons. The van der Waals surface area contributed by atoms with Gasteiger partial charge in [-0.1, -0.05) is 12.1 Å². The number of carbonyl (C=O) groups is 1. The van der Waals surface area contributed by atoms with Crippen LogP contribution >= 0.6 is 0 Å². The minimum Gasteiger partial charge on any atom is -0.493 e. The maximum atomic E-state index is 12.2. The summed E-state index contributed by atoms with van der Waals surface area (Å²) in [5.74, 6) is 1.02. The van der Waals surface area contributed by atoms with Crippen LogP contribution in [-0.4, -0.2) is 33.2 Å². The Kier molecular flexibility index (Phi) is 7.09. The van der Waals surface area contributed by atoms with Gasteiger partial charge in [0.1, 0.15) is 0 Å². The van der Waals surface area contributed by atoms with Crippen molar-refractivity contribution in [2.24, 2.45) is 0 Å². The van der Waals surface area contributed by atoms with Gasteiger partial charge >= 0.3 is 0 Å². The lowest BCUT2D eigenvalue weighted by Crippen LogP contribution is -2.21. The number of nitrogens with one attached hydrogen (secondary N) is 1. The summed E-state index contributed by atoms with van der Waals surface area (Å²) in [7, 11) is 3.16. The predicted octanol–water partition coefficient (Wildman–Crippen LogP) is 4.20. The average molecular weight is 354 g/mol. The summed E-state index contributed by atoms with van der Waals surface area (Å²) in [6, 6.07) is 13.4. The van der Waals surface area contributed by atoms with Crippen LogP contribution in [0.25, 0.3) is 6.08 Å². The summed E-state index contributed by atoms with van der Waals surface area (Å²) in [6.45, 7) is 6.15. The summed E-state index contributed by atoms with van der Waals surface area (Å²) < 4.78 is 10.6. The Morgan fingerprint density at radius 3 is 2.31 bits per heavy atom. The van der Waals surface area contributed by atoms with E-state index in [1.165, 1.54) is 6.08 Å². The van der Waals surface area contributed by atoms with Gasteiger partial charge in [0.05, 0.1) is 14.2 Å². The van der Waals surface area contributed by atoms with Gasteiger partial charge in [0.15, 0.2) is 11.5 Å². The molecule has 2 aromatic rings. The van der Waals surface area contributed by atoms with Crippen molar-refractivity contribution in [2.45, 2.75) is 13.8 Å². The molecule has 0 saturated carbocycles. The molecule has 0 aromatic heterocycles. The van der Waals surface area contributed by atoms with E-state index in [9.17, 15) is 4.79 Å². The van der Waals surface area contributed by atoms with Crippen molar-refractivity contribution in [2.75, 3.05) is 37.5 Å². The van der Waals surface area contributed by atoms with Crippen molar-refractivity contribution in [3.8, 4) is 11.5 Å². The van der Waals surface area contributed by atoms with E-state index in [-0.39, 0.29) is 5.91 Å². The summed E-state index contributed by atoms with van der Waals surface area (Å²) in [6.07, 6.45) is 3.19. The molecule has 26 heavy (non-hydrogen) atoms. The first-order valence-electron chi connectivity index (χ1n) is 8.68. The highest BCUT2D eigenvalue weighted by Crippen LogP contribution is 2.31. The van der Waals surface area contributed by atoms with Crippen LogP contribution in [0.3, 0.4) is 0 Å². The van der Waals surface area contributed by atoms with Gasteiger partial charge in [-0.3, -0.25) is 4.79 Å². The minimum absolute atomic E-state index is 0.203. The fourth-order valence-electron chi connectivity index (χ4n) is 2.74. The van der Waals surface area contributed by atoms with Crippen LogP contribution in [-0.2, 0) is 4.79 Å². The van der Waals surface area contributed by atoms with Gasteiger partial charge in [-0.15, -0.1) is 0 Å². The first kappa shape index (κ1) is 19.4. The van der Waals surface area contributed by atoms with Crippen LogP contribution in [0, 0.1) is 0 Å². The summed E-state index contributed by atoms with van der Waals surface area (Å²) in [5, 5.41) is 2.86. The largest absolute Gasteiger partial charge is 0.493 e. The monoisotopic (exact) mass is 354 g/mol. The number of benzene rings is 2. The molecule has 0 fully saturated rings. The molecular formula is C21H26N2O3. The number of methoxy groups -OCH3 is 2. The summed E-state index contributed by atoms with van der Waals surface area (Å²) in [4.78, 5) is 14.4. The van der Waals surface area contributed by atoms with Crippen molar-refractivity contribution in [1.29, 1.82) is 0 Å². The third kappa shape index (κ3) is 4.79. The second kappa shape index (κ2) is 9.51. The number of ether oxygens (including phenoxy) is 2. The van der Waals surface area contributed by atoms with Crippen molar-refractivity contribution >= 4 is 23.4 Å². The van der Waals surface area contributed by atoms with Crippen molar-refractivity contribution in [3.63, 3.8) is 0 Å². The maximum Gasteiger partial charge on any atom is 0.248 e. The molecule has 0 spiro atoms. The van der Waals surface area contributed by atoms with Gasteiger partial charge in [0.2, 0.25) is 5.91 Å². The van der Waals surface area contributed by atoms with Crippen molar-refractivity contribution in [3.05, 3.63) is 54.1 Å². The first-order valence-corrected chi connectivity index (χ1v) is 8.68. The summed E-state index contributed by atoms with van der Waals surface area (Å²) in [5.41, 5.74) is 2.68. The molecule has 0 saturated heterocycles. The van der Waals surface area contributed by atoms with Gasteiger partial charge < -0.3 is 19.7 Å². The van der Waals surface area contributed by atoms with Crippen LogP contribution in [0.15, 0.2) is 48.5 Å². The van der Waals surface area contributed by atoms with E-state index >= 15 is 0 Å². The van der Waals surface area contributed by atoms with E-state index in [1.807, 2.05) is 42.5 Å². The Morgan fingerprint density at radius 1 is 1.04 bits per heavy atom. The number of para-hydroxylation sites is 1. The molecule has 1 amide bonds. The Labute approximate surface area is 155 Å². The highest BCUT2D eigenvalue weighted by Gasteiger charge is 2.07. The highest BCUT2D eigenvalue weighted by atomic mass is 16.5. The van der Waals surface area contributed by atoms with Crippen LogP contribution in [0.4, 0.5) is 11.4 Å². The smallest absolute Gasteiger partial charge is 0.248 e. The van der Waals surface area contributed by atoms with E-state index in [0.717, 1.165) is 30.0 Å². The zero-order valence-electron chi connectivity index (χ0n) is 15.8.